The Morgan fingerprint density at radius 1 is 1.55 bits per heavy atom. The van der Waals surface area contributed by atoms with E-state index in [1.54, 1.807) is 0 Å². The molecule has 0 saturated carbocycles. The molecule has 66 valence electrons. The molecule has 0 aromatic rings. The molecule has 2 nitrogen and oxygen atoms in total. The molecule has 1 saturated heterocycles. The Morgan fingerprint density at radius 2 is 2.27 bits per heavy atom. The first-order valence-electron chi connectivity index (χ1n) is 4.50. The molecule has 0 radical (unpaired) electrons. The highest BCUT2D eigenvalue weighted by Crippen LogP contribution is 2.17. The van der Waals surface area contributed by atoms with Gasteiger partial charge in [-0.3, -0.25) is 0 Å². The summed E-state index contributed by atoms with van der Waals surface area (Å²) in [6.45, 7) is 5.63. The third-order valence-electron chi connectivity index (χ3n) is 2.31. The minimum atomic E-state index is 0.456. The van der Waals surface area contributed by atoms with Gasteiger partial charge in [0.1, 0.15) is 0 Å². The van der Waals surface area contributed by atoms with Crippen molar-refractivity contribution < 1.29 is 4.74 Å². The molecule has 1 N–H and O–H groups in total. The maximum absolute atomic E-state index is 5.36. The van der Waals surface area contributed by atoms with Crippen LogP contribution in [0.15, 0.2) is 0 Å². The zero-order chi connectivity index (χ0) is 8.27. The first kappa shape index (κ1) is 9.01. The van der Waals surface area contributed by atoms with E-state index in [4.69, 9.17) is 4.74 Å². The van der Waals surface area contributed by atoms with Crippen LogP contribution in [0.1, 0.15) is 26.7 Å². The molecule has 2 heteroatoms. The second-order valence-electron chi connectivity index (χ2n) is 3.75. The summed E-state index contributed by atoms with van der Waals surface area (Å²) in [5.74, 6) is 0.767. The highest BCUT2D eigenvalue weighted by molar-refractivity contribution is 4.84. The van der Waals surface area contributed by atoms with Crippen molar-refractivity contribution in [3.63, 3.8) is 0 Å². The molecule has 0 aromatic heterocycles. The average Bonchev–Trinajstić information content (AvgIpc) is 2.34. The van der Waals surface area contributed by atoms with Gasteiger partial charge in [-0.05, 0) is 25.3 Å². The van der Waals surface area contributed by atoms with Crippen LogP contribution in [0.2, 0.25) is 0 Å². The first-order valence-corrected chi connectivity index (χ1v) is 4.50. The van der Waals surface area contributed by atoms with Crippen LogP contribution in [-0.2, 0) is 4.74 Å². The highest BCUT2D eigenvalue weighted by Gasteiger charge is 2.26. The van der Waals surface area contributed by atoms with E-state index in [-0.39, 0.29) is 0 Å². The van der Waals surface area contributed by atoms with Crippen LogP contribution < -0.4 is 5.32 Å². The molecule has 1 aliphatic heterocycles. The van der Waals surface area contributed by atoms with Crippen molar-refractivity contribution in [1.29, 1.82) is 0 Å². The van der Waals surface area contributed by atoms with Crippen LogP contribution in [0.5, 0.6) is 0 Å². The van der Waals surface area contributed by atoms with E-state index >= 15 is 0 Å². The van der Waals surface area contributed by atoms with E-state index in [2.05, 4.69) is 19.2 Å². The largest absolute Gasteiger partial charge is 0.380 e. The Morgan fingerprint density at radius 3 is 2.82 bits per heavy atom. The van der Waals surface area contributed by atoms with Crippen LogP contribution in [0, 0.1) is 5.92 Å². The lowest BCUT2D eigenvalue weighted by atomic mass is 10.0. The number of nitrogens with one attached hydrogen (secondary N) is 1. The predicted molar refractivity (Wildman–Crippen MR) is 46.7 cm³/mol. The van der Waals surface area contributed by atoms with Gasteiger partial charge in [-0.25, -0.2) is 0 Å². The summed E-state index contributed by atoms with van der Waals surface area (Å²) in [7, 11) is 1.81. The minimum absolute atomic E-state index is 0.456. The van der Waals surface area contributed by atoms with Crippen molar-refractivity contribution in [2.24, 2.45) is 5.92 Å². The lowest BCUT2D eigenvalue weighted by Gasteiger charge is -2.19. The molecule has 1 rings (SSSR count). The normalized spacial score (nSPS) is 31.6. The highest BCUT2D eigenvalue weighted by atomic mass is 16.5. The van der Waals surface area contributed by atoms with Gasteiger partial charge >= 0.3 is 0 Å². The summed E-state index contributed by atoms with van der Waals surface area (Å²) >= 11 is 0. The van der Waals surface area contributed by atoms with Crippen LogP contribution in [0.4, 0.5) is 0 Å². The van der Waals surface area contributed by atoms with Gasteiger partial charge in [-0.15, -0.1) is 0 Å². The first-order chi connectivity index (χ1) is 5.24. The van der Waals surface area contributed by atoms with Gasteiger partial charge in [0.05, 0.1) is 6.10 Å². The second kappa shape index (κ2) is 4.07. The maximum Gasteiger partial charge on any atom is 0.0736 e. The molecule has 0 aliphatic carbocycles. The molecule has 1 heterocycles. The quantitative estimate of drug-likeness (QED) is 0.669. The van der Waals surface area contributed by atoms with Gasteiger partial charge in [0, 0.05) is 13.2 Å². The number of hydrogen-bond acceptors (Lipinski definition) is 2. The summed E-state index contributed by atoms with van der Waals surface area (Å²) in [5, 5.41) is 3.46. The van der Waals surface area contributed by atoms with Crippen molar-refractivity contribution >= 4 is 0 Å². The Labute approximate surface area is 69.3 Å². The van der Waals surface area contributed by atoms with Crippen molar-refractivity contribution in [2.45, 2.75) is 38.8 Å². The standard InChI is InChI=1S/C9H19NO/c1-7(2)6-8-9(11-3)4-5-10-8/h7-10H,4-6H2,1-3H3. The number of hydrogen-bond donors (Lipinski definition) is 1. The number of rotatable bonds is 3. The zero-order valence-electron chi connectivity index (χ0n) is 7.76. The molecule has 0 amide bonds. The number of methoxy groups -OCH3 is 1. The fraction of sp³-hybridized carbons (Fsp3) is 1.00. The van der Waals surface area contributed by atoms with Crippen LogP contribution in [0.25, 0.3) is 0 Å². The van der Waals surface area contributed by atoms with Gasteiger partial charge in [0.25, 0.3) is 0 Å². The molecule has 2 unspecified atom stereocenters. The van der Waals surface area contributed by atoms with Crippen molar-refractivity contribution in [3.05, 3.63) is 0 Å². The predicted octanol–water partition coefficient (Wildman–Crippen LogP) is 1.41. The van der Waals surface area contributed by atoms with Gasteiger partial charge in [0.2, 0.25) is 0 Å². The molecule has 11 heavy (non-hydrogen) atoms. The van der Waals surface area contributed by atoms with Crippen molar-refractivity contribution in [3.8, 4) is 0 Å². The fourth-order valence-electron chi connectivity index (χ4n) is 1.77. The van der Waals surface area contributed by atoms with Gasteiger partial charge in [-0.1, -0.05) is 13.8 Å². The van der Waals surface area contributed by atoms with Crippen LogP contribution in [0.3, 0.4) is 0 Å². The van der Waals surface area contributed by atoms with Crippen molar-refractivity contribution in [1.82, 2.24) is 5.32 Å². The van der Waals surface area contributed by atoms with Gasteiger partial charge in [0.15, 0.2) is 0 Å². The summed E-state index contributed by atoms with van der Waals surface area (Å²) < 4.78 is 5.36. The smallest absolute Gasteiger partial charge is 0.0736 e. The van der Waals surface area contributed by atoms with E-state index in [1.807, 2.05) is 7.11 Å². The maximum atomic E-state index is 5.36. The molecule has 1 aliphatic rings. The van der Waals surface area contributed by atoms with E-state index in [0.29, 0.717) is 12.1 Å². The molecule has 0 bridgehead atoms. The Balaban J connectivity index is 2.31. The fourth-order valence-corrected chi connectivity index (χ4v) is 1.77. The summed E-state index contributed by atoms with van der Waals surface area (Å²) in [4.78, 5) is 0. The van der Waals surface area contributed by atoms with Gasteiger partial charge in [-0.2, -0.15) is 0 Å². The molecule has 0 aromatic carbocycles. The second-order valence-corrected chi connectivity index (χ2v) is 3.75. The van der Waals surface area contributed by atoms with E-state index in [0.717, 1.165) is 12.5 Å². The Bertz CT molecular complexity index is 114. The molecule has 0 spiro atoms. The van der Waals surface area contributed by atoms with E-state index in [9.17, 15) is 0 Å². The lowest BCUT2D eigenvalue weighted by Crippen LogP contribution is -2.32. The third-order valence-corrected chi connectivity index (χ3v) is 2.31. The van der Waals surface area contributed by atoms with Crippen molar-refractivity contribution in [2.75, 3.05) is 13.7 Å². The molecular formula is C9H19NO. The topological polar surface area (TPSA) is 21.3 Å². The molecule has 1 fully saturated rings. The summed E-state index contributed by atoms with van der Waals surface area (Å²) in [6, 6.07) is 0.597. The Kier molecular flexibility index (Phi) is 3.34. The average molecular weight is 157 g/mol. The minimum Gasteiger partial charge on any atom is -0.380 e. The monoisotopic (exact) mass is 157 g/mol. The molecular weight excluding hydrogens is 138 g/mol. The third kappa shape index (κ3) is 2.46. The van der Waals surface area contributed by atoms with E-state index in [1.165, 1.54) is 12.8 Å². The zero-order valence-corrected chi connectivity index (χ0v) is 7.76. The van der Waals surface area contributed by atoms with Crippen LogP contribution >= 0.6 is 0 Å². The molecule has 2 atom stereocenters. The Hall–Kier alpha value is -0.0800. The number of ether oxygens (including phenoxy) is 1. The van der Waals surface area contributed by atoms with Crippen LogP contribution in [-0.4, -0.2) is 25.8 Å². The van der Waals surface area contributed by atoms with E-state index < -0.39 is 0 Å². The SMILES string of the molecule is COC1CCNC1CC(C)C. The summed E-state index contributed by atoms with van der Waals surface area (Å²) in [6.07, 6.45) is 2.87. The lowest BCUT2D eigenvalue weighted by molar-refractivity contribution is 0.0857. The van der Waals surface area contributed by atoms with Gasteiger partial charge < -0.3 is 10.1 Å². The summed E-state index contributed by atoms with van der Waals surface area (Å²) in [5.41, 5.74) is 0.